The highest BCUT2D eigenvalue weighted by Crippen LogP contribution is 2.27. The van der Waals surface area contributed by atoms with E-state index in [0.29, 0.717) is 31.0 Å². The Morgan fingerprint density at radius 2 is 1.76 bits per heavy atom. The Kier molecular flexibility index (Phi) is 6.02. The first-order chi connectivity index (χ1) is 14.3. The average Bonchev–Trinajstić information content (AvgIpc) is 3.42. The van der Waals surface area contributed by atoms with Gasteiger partial charge in [-0.15, -0.1) is 11.3 Å². The molecule has 29 heavy (non-hydrogen) atoms. The van der Waals surface area contributed by atoms with Gasteiger partial charge in [0.1, 0.15) is 18.1 Å². The lowest BCUT2D eigenvalue weighted by atomic mass is 10.2. The molecule has 0 aliphatic carbocycles. The lowest BCUT2D eigenvalue weighted by Crippen LogP contribution is -2.28. The smallest absolute Gasteiger partial charge is 0.255 e. The predicted molar refractivity (Wildman–Crippen MR) is 115 cm³/mol. The van der Waals surface area contributed by atoms with Crippen molar-refractivity contribution in [2.45, 2.75) is 6.54 Å². The van der Waals surface area contributed by atoms with Crippen molar-refractivity contribution in [3.63, 3.8) is 0 Å². The van der Waals surface area contributed by atoms with Gasteiger partial charge in [0.15, 0.2) is 0 Å². The molecule has 0 unspecified atom stereocenters. The van der Waals surface area contributed by atoms with Gasteiger partial charge in [-0.1, -0.05) is 54.6 Å². The van der Waals surface area contributed by atoms with E-state index in [4.69, 9.17) is 4.74 Å². The number of hydrogen-bond donors (Lipinski definition) is 1. The maximum Gasteiger partial charge on any atom is 0.255 e. The van der Waals surface area contributed by atoms with E-state index in [2.05, 4.69) is 10.4 Å². The molecule has 2 aromatic carbocycles. The molecule has 5 nitrogen and oxygen atoms in total. The fourth-order valence-corrected chi connectivity index (χ4v) is 3.70. The molecule has 0 saturated heterocycles. The topological polar surface area (TPSA) is 56.1 Å². The zero-order chi connectivity index (χ0) is 19.9. The molecule has 6 heteroatoms. The summed E-state index contributed by atoms with van der Waals surface area (Å²) in [6.07, 6.45) is 1.81. The van der Waals surface area contributed by atoms with Crippen LogP contribution in [-0.4, -0.2) is 28.8 Å². The third kappa shape index (κ3) is 4.92. The van der Waals surface area contributed by atoms with Crippen molar-refractivity contribution in [1.82, 2.24) is 15.1 Å². The summed E-state index contributed by atoms with van der Waals surface area (Å²) >= 11 is 1.57. The van der Waals surface area contributed by atoms with Crippen LogP contribution in [0.25, 0.3) is 10.6 Å². The van der Waals surface area contributed by atoms with Gasteiger partial charge in [0.25, 0.3) is 5.91 Å². The quantitative estimate of drug-likeness (QED) is 0.442. The van der Waals surface area contributed by atoms with Crippen LogP contribution in [0.4, 0.5) is 0 Å². The van der Waals surface area contributed by atoms with Crippen LogP contribution in [0, 0.1) is 0 Å². The second-order valence-electron chi connectivity index (χ2n) is 6.47. The van der Waals surface area contributed by atoms with E-state index in [1.807, 2.05) is 89.1 Å². The molecule has 0 atom stereocenters. The molecule has 4 aromatic rings. The number of aromatic nitrogens is 2. The lowest BCUT2D eigenvalue weighted by molar-refractivity contribution is 0.0947. The van der Waals surface area contributed by atoms with Crippen molar-refractivity contribution < 1.29 is 9.53 Å². The van der Waals surface area contributed by atoms with Gasteiger partial charge >= 0.3 is 0 Å². The van der Waals surface area contributed by atoms with Crippen LogP contribution in [0.1, 0.15) is 15.9 Å². The van der Waals surface area contributed by atoms with Gasteiger partial charge in [-0.3, -0.25) is 9.48 Å². The molecular weight excluding hydrogens is 382 g/mol. The SMILES string of the molecule is O=C(NCCOc1ccccc1)c1cn(Cc2ccccc2)nc1-c1cccs1. The number of rotatable bonds is 8. The molecule has 0 bridgehead atoms. The Labute approximate surface area is 173 Å². The first-order valence-electron chi connectivity index (χ1n) is 9.41. The van der Waals surface area contributed by atoms with Gasteiger partial charge in [0.2, 0.25) is 0 Å². The summed E-state index contributed by atoms with van der Waals surface area (Å²) in [6, 6.07) is 23.6. The van der Waals surface area contributed by atoms with Crippen molar-refractivity contribution >= 4 is 17.2 Å². The van der Waals surface area contributed by atoms with Gasteiger partial charge in [0, 0.05) is 6.20 Å². The van der Waals surface area contributed by atoms with E-state index in [1.54, 1.807) is 11.3 Å². The molecule has 1 amide bonds. The zero-order valence-electron chi connectivity index (χ0n) is 15.8. The van der Waals surface area contributed by atoms with E-state index in [1.165, 1.54) is 0 Å². The number of nitrogens with one attached hydrogen (secondary N) is 1. The molecule has 0 spiro atoms. The van der Waals surface area contributed by atoms with E-state index in [0.717, 1.165) is 16.2 Å². The minimum absolute atomic E-state index is 0.149. The minimum Gasteiger partial charge on any atom is -0.492 e. The zero-order valence-corrected chi connectivity index (χ0v) is 16.6. The standard InChI is InChI=1S/C23H21N3O2S/c27-23(24-13-14-28-19-10-5-2-6-11-19)20-17-26(16-18-8-3-1-4-9-18)25-22(20)21-12-7-15-29-21/h1-12,15,17H,13-14,16H2,(H,24,27). The van der Waals surface area contributed by atoms with Crippen LogP contribution in [0.2, 0.25) is 0 Å². The Morgan fingerprint density at radius 3 is 2.48 bits per heavy atom. The highest BCUT2D eigenvalue weighted by atomic mass is 32.1. The molecule has 2 heterocycles. The second kappa shape index (κ2) is 9.21. The van der Waals surface area contributed by atoms with Gasteiger partial charge in [-0.25, -0.2) is 0 Å². The van der Waals surface area contributed by atoms with Gasteiger partial charge in [-0.05, 0) is 29.1 Å². The van der Waals surface area contributed by atoms with Crippen LogP contribution in [0.5, 0.6) is 5.75 Å². The summed E-state index contributed by atoms with van der Waals surface area (Å²) in [6.45, 7) is 1.44. The summed E-state index contributed by atoms with van der Waals surface area (Å²) < 4.78 is 7.46. The van der Waals surface area contributed by atoms with Crippen molar-refractivity contribution in [3.8, 4) is 16.3 Å². The van der Waals surface area contributed by atoms with Crippen molar-refractivity contribution in [2.75, 3.05) is 13.2 Å². The molecule has 4 rings (SSSR count). The summed E-state index contributed by atoms with van der Waals surface area (Å²) in [7, 11) is 0. The van der Waals surface area contributed by atoms with Gasteiger partial charge in [-0.2, -0.15) is 5.10 Å². The van der Waals surface area contributed by atoms with Crippen LogP contribution < -0.4 is 10.1 Å². The minimum atomic E-state index is -0.149. The van der Waals surface area contributed by atoms with Crippen molar-refractivity contribution in [3.05, 3.63) is 95.5 Å². The number of hydrogen-bond acceptors (Lipinski definition) is 4. The average molecular weight is 404 g/mol. The van der Waals surface area contributed by atoms with E-state index >= 15 is 0 Å². The molecule has 0 radical (unpaired) electrons. The van der Waals surface area contributed by atoms with Gasteiger partial charge in [0.05, 0.1) is 23.5 Å². The number of nitrogens with zero attached hydrogens (tertiary/aromatic N) is 2. The fraction of sp³-hybridized carbons (Fsp3) is 0.130. The largest absolute Gasteiger partial charge is 0.492 e. The first kappa shape index (κ1) is 19.0. The fourth-order valence-electron chi connectivity index (χ4n) is 2.98. The normalized spacial score (nSPS) is 10.6. The molecule has 0 fully saturated rings. The number of benzene rings is 2. The van der Waals surface area contributed by atoms with Gasteiger partial charge < -0.3 is 10.1 Å². The molecular formula is C23H21N3O2S. The Morgan fingerprint density at radius 1 is 1.00 bits per heavy atom. The third-order valence-electron chi connectivity index (χ3n) is 4.35. The van der Waals surface area contributed by atoms with E-state index < -0.39 is 0 Å². The summed E-state index contributed by atoms with van der Waals surface area (Å²) in [5.41, 5.74) is 2.41. The molecule has 2 aromatic heterocycles. The number of para-hydroxylation sites is 1. The molecule has 0 aliphatic heterocycles. The van der Waals surface area contributed by atoms with E-state index in [-0.39, 0.29) is 5.91 Å². The van der Waals surface area contributed by atoms with Crippen molar-refractivity contribution in [2.24, 2.45) is 0 Å². The molecule has 0 aliphatic rings. The van der Waals surface area contributed by atoms with Crippen molar-refractivity contribution in [1.29, 1.82) is 0 Å². The monoisotopic (exact) mass is 403 g/mol. The highest BCUT2D eigenvalue weighted by molar-refractivity contribution is 7.13. The van der Waals surface area contributed by atoms with Crippen LogP contribution in [0.15, 0.2) is 84.4 Å². The third-order valence-corrected chi connectivity index (χ3v) is 5.22. The molecule has 0 saturated carbocycles. The van der Waals surface area contributed by atoms with Crippen LogP contribution >= 0.6 is 11.3 Å². The molecule has 1 N–H and O–H groups in total. The van der Waals surface area contributed by atoms with E-state index in [9.17, 15) is 4.79 Å². The van der Waals surface area contributed by atoms with Crippen LogP contribution in [-0.2, 0) is 6.54 Å². The maximum atomic E-state index is 12.8. The number of carbonyl (C=O) groups is 1. The predicted octanol–water partition coefficient (Wildman–Crippen LogP) is 4.47. The Balaban J connectivity index is 1.45. The lowest BCUT2D eigenvalue weighted by Gasteiger charge is -2.07. The summed E-state index contributed by atoms with van der Waals surface area (Å²) in [4.78, 5) is 13.8. The Hall–Kier alpha value is -3.38. The molecule has 146 valence electrons. The summed E-state index contributed by atoms with van der Waals surface area (Å²) in [5, 5.41) is 9.60. The first-order valence-corrected chi connectivity index (χ1v) is 10.3. The Bertz CT molecular complexity index is 1040. The summed E-state index contributed by atoms with van der Waals surface area (Å²) in [5.74, 6) is 0.640. The number of amides is 1. The second-order valence-corrected chi connectivity index (χ2v) is 7.42. The number of ether oxygens (including phenoxy) is 1. The van der Waals surface area contributed by atoms with Crippen LogP contribution in [0.3, 0.4) is 0 Å². The number of carbonyl (C=O) groups excluding carboxylic acids is 1. The maximum absolute atomic E-state index is 12.8. The number of thiophene rings is 1. The highest BCUT2D eigenvalue weighted by Gasteiger charge is 2.18.